The number of hydrogen-bond acceptors (Lipinski definition) is 5. The molecule has 1 amide bonds. The number of primary amides is 1. The fourth-order valence-corrected chi connectivity index (χ4v) is 1.40. The van der Waals surface area contributed by atoms with Gasteiger partial charge in [-0.05, 0) is 42.8 Å². The number of carbonyl (C=O) groups is 1. The third kappa shape index (κ3) is 3.84. The Bertz CT molecular complexity index is 406. The molecule has 0 unspecified atom stereocenters. The van der Waals surface area contributed by atoms with Gasteiger partial charge in [0.05, 0.1) is 5.69 Å². The lowest BCUT2D eigenvalue weighted by molar-refractivity contribution is 0.100. The molecule has 0 radical (unpaired) electrons. The normalized spacial score (nSPS) is 9.94. The summed E-state index contributed by atoms with van der Waals surface area (Å²) in [5, 5.41) is 5.93. The fraction of sp³-hybridized carbons (Fsp3) is 0.364. The second kappa shape index (κ2) is 6.59. The summed E-state index contributed by atoms with van der Waals surface area (Å²) in [6, 6.07) is 4.56. The van der Waals surface area contributed by atoms with Crippen molar-refractivity contribution in [3.05, 3.63) is 28.7 Å². The summed E-state index contributed by atoms with van der Waals surface area (Å²) in [5.74, 6) is -0.579. The Kier molecular flexibility index (Phi) is 5.09. The second-order valence-electron chi connectivity index (χ2n) is 3.61. The van der Waals surface area contributed by atoms with Crippen LogP contribution in [0.1, 0.15) is 23.2 Å². The van der Waals surface area contributed by atoms with Crippen molar-refractivity contribution in [1.82, 2.24) is 0 Å². The van der Waals surface area contributed by atoms with Crippen LogP contribution in [0, 0.1) is 4.91 Å². The van der Waals surface area contributed by atoms with Crippen LogP contribution in [0.5, 0.6) is 0 Å². The lowest BCUT2D eigenvalue weighted by Crippen LogP contribution is -2.11. The molecule has 0 fully saturated rings. The van der Waals surface area contributed by atoms with Crippen molar-refractivity contribution >= 4 is 17.3 Å². The topological polar surface area (TPSA) is 111 Å². The number of rotatable bonds is 7. The maximum absolute atomic E-state index is 10.9. The number of benzene rings is 1. The smallest absolute Gasteiger partial charge is 0.248 e. The standard InChI is InChI=1S/C11H16N4O2/c12-5-1-2-6-14-9-4-3-8(11(13)16)7-10(9)15-17/h3-4,7,14H,1-2,5-6,12H2,(H2,13,16). The van der Waals surface area contributed by atoms with Crippen molar-refractivity contribution in [3.8, 4) is 0 Å². The Balaban J connectivity index is 2.71. The molecule has 0 saturated carbocycles. The largest absolute Gasteiger partial charge is 0.383 e. The minimum atomic E-state index is -0.579. The number of carbonyl (C=O) groups excluding carboxylic acids is 1. The van der Waals surface area contributed by atoms with Gasteiger partial charge in [0.2, 0.25) is 5.91 Å². The zero-order valence-corrected chi connectivity index (χ0v) is 9.48. The van der Waals surface area contributed by atoms with Crippen LogP contribution in [0.25, 0.3) is 0 Å². The molecule has 1 rings (SSSR count). The molecule has 5 N–H and O–H groups in total. The number of nitrogens with zero attached hydrogens (tertiary/aromatic N) is 1. The lowest BCUT2D eigenvalue weighted by Gasteiger charge is -2.08. The van der Waals surface area contributed by atoms with Crippen LogP contribution < -0.4 is 16.8 Å². The van der Waals surface area contributed by atoms with Gasteiger partial charge >= 0.3 is 0 Å². The first-order chi connectivity index (χ1) is 8.19. The molecule has 0 aliphatic carbocycles. The van der Waals surface area contributed by atoms with E-state index in [1.807, 2.05) is 0 Å². The zero-order valence-electron chi connectivity index (χ0n) is 9.48. The lowest BCUT2D eigenvalue weighted by atomic mass is 10.1. The van der Waals surface area contributed by atoms with Gasteiger partial charge in [-0.25, -0.2) is 0 Å². The molecular formula is C11H16N4O2. The number of nitrogens with two attached hydrogens (primary N) is 2. The summed E-state index contributed by atoms with van der Waals surface area (Å²) in [5.41, 5.74) is 11.5. The highest BCUT2D eigenvalue weighted by atomic mass is 16.3. The molecule has 0 aliphatic rings. The van der Waals surface area contributed by atoms with E-state index in [1.165, 1.54) is 6.07 Å². The van der Waals surface area contributed by atoms with E-state index in [-0.39, 0.29) is 11.3 Å². The first kappa shape index (κ1) is 13.1. The highest BCUT2D eigenvalue weighted by Crippen LogP contribution is 2.25. The van der Waals surface area contributed by atoms with Crippen molar-refractivity contribution in [2.75, 3.05) is 18.4 Å². The molecule has 17 heavy (non-hydrogen) atoms. The van der Waals surface area contributed by atoms with Crippen LogP contribution in [-0.2, 0) is 0 Å². The first-order valence-corrected chi connectivity index (χ1v) is 5.40. The average Bonchev–Trinajstić information content (AvgIpc) is 2.34. The van der Waals surface area contributed by atoms with E-state index >= 15 is 0 Å². The summed E-state index contributed by atoms with van der Waals surface area (Å²) in [6.45, 7) is 1.34. The van der Waals surface area contributed by atoms with E-state index in [4.69, 9.17) is 11.5 Å². The van der Waals surface area contributed by atoms with Crippen molar-refractivity contribution < 1.29 is 4.79 Å². The van der Waals surface area contributed by atoms with E-state index in [2.05, 4.69) is 10.5 Å². The molecule has 0 heterocycles. The summed E-state index contributed by atoms with van der Waals surface area (Å²) < 4.78 is 0. The molecule has 0 bridgehead atoms. The van der Waals surface area contributed by atoms with Gasteiger partial charge in [-0.15, -0.1) is 4.91 Å². The van der Waals surface area contributed by atoms with Crippen LogP contribution in [0.15, 0.2) is 23.4 Å². The molecule has 0 saturated heterocycles. The van der Waals surface area contributed by atoms with Gasteiger partial charge in [0.1, 0.15) is 5.69 Å². The van der Waals surface area contributed by atoms with Crippen molar-refractivity contribution in [1.29, 1.82) is 0 Å². The maximum atomic E-state index is 10.9. The summed E-state index contributed by atoms with van der Waals surface area (Å²) in [6.07, 6.45) is 1.82. The Morgan fingerprint density at radius 1 is 1.35 bits per heavy atom. The van der Waals surface area contributed by atoms with Crippen LogP contribution in [-0.4, -0.2) is 19.0 Å². The quantitative estimate of drug-likeness (QED) is 0.490. The molecule has 0 aromatic heterocycles. The van der Waals surface area contributed by atoms with E-state index in [1.54, 1.807) is 12.1 Å². The van der Waals surface area contributed by atoms with Gasteiger partial charge in [0, 0.05) is 12.1 Å². The molecule has 0 aliphatic heterocycles. The third-order valence-electron chi connectivity index (χ3n) is 2.33. The number of nitroso groups, excluding NO2 is 1. The van der Waals surface area contributed by atoms with E-state index < -0.39 is 5.91 Å². The number of unbranched alkanes of at least 4 members (excludes halogenated alkanes) is 1. The molecule has 0 spiro atoms. The second-order valence-corrected chi connectivity index (χ2v) is 3.61. The molecule has 6 nitrogen and oxygen atoms in total. The number of nitrogens with one attached hydrogen (secondary N) is 1. The Morgan fingerprint density at radius 2 is 2.12 bits per heavy atom. The van der Waals surface area contributed by atoms with E-state index in [0.717, 1.165) is 12.8 Å². The highest BCUT2D eigenvalue weighted by molar-refractivity contribution is 5.94. The number of hydrogen-bond donors (Lipinski definition) is 3. The van der Waals surface area contributed by atoms with Gasteiger partial charge in [0.15, 0.2) is 0 Å². The monoisotopic (exact) mass is 236 g/mol. The van der Waals surface area contributed by atoms with Gasteiger partial charge in [-0.3, -0.25) is 4.79 Å². The molecule has 1 aromatic carbocycles. The Labute approximate surface area is 99.3 Å². The van der Waals surface area contributed by atoms with E-state index in [0.29, 0.717) is 18.8 Å². The Hall–Kier alpha value is -1.95. The Morgan fingerprint density at radius 3 is 2.71 bits per heavy atom. The van der Waals surface area contributed by atoms with Gasteiger partial charge < -0.3 is 16.8 Å². The number of amides is 1. The van der Waals surface area contributed by atoms with Crippen LogP contribution in [0.2, 0.25) is 0 Å². The molecule has 92 valence electrons. The van der Waals surface area contributed by atoms with Crippen molar-refractivity contribution in [2.45, 2.75) is 12.8 Å². The summed E-state index contributed by atoms with van der Waals surface area (Å²) in [7, 11) is 0. The summed E-state index contributed by atoms with van der Waals surface area (Å²) >= 11 is 0. The van der Waals surface area contributed by atoms with Crippen LogP contribution >= 0.6 is 0 Å². The van der Waals surface area contributed by atoms with E-state index in [9.17, 15) is 9.70 Å². The van der Waals surface area contributed by atoms with Gasteiger partial charge in [0.25, 0.3) is 0 Å². The maximum Gasteiger partial charge on any atom is 0.248 e. The predicted octanol–water partition coefficient (Wildman–Crippen LogP) is 1.33. The van der Waals surface area contributed by atoms with Crippen molar-refractivity contribution in [3.63, 3.8) is 0 Å². The minimum absolute atomic E-state index is 0.189. The highest BCUT2D eigenvalue weighted by Gasteiger charge is 2.07. The predicted molar refractivity (Wildman–Crippen MR) is 67.2 cm³/mol. The van der Waals surface area contributed by atoms with Gasteiger partial charge in [-0.1, -0.05) is 0 Å². The minimum Gasteiger partial charge on any atom is -0.383 e. The van der Waals surface area contributed by atoms with Crippen LogP contribution in [0.3, 0.4) is 0 Å². The number of anilines is 1. The van der Waals surface area contributed by atoms with Crippen LogP contribution in [0.4, 0.5) is 11.4 Å². The molecule has 1 aromatic rings. The summed E-state index contributed by atoms with van der Waals surface area (Å²) in [4.78, 5) is 21.6. The molecule has 0 atom stereocenters. The van der Waals surface area contributed by atoms with Crippen molar-refractivity contribution in [2.24, 2.45) is 16.6 Å². The molecule has 6 heteroatoms. The average molecular weight is 236 g/mol. The molecular weight excluding hydrogens is 220 g/mol. The zero-order chi connectivity index (χ0) is 12.7. The third-order valence-corrected chi connectivity index (χ3v) is 2.33. The van der Waals surface area contributed by atoms with Gasteiger partial charge in [-0.2, -0.15) is 0 Å². The fourth-order valence-electron chi connectivity index (χ4n) is 1.40. The SMILES string of the molecule is NCCCCNc1ccc(C(N)=O)cc1N=O. The first-order valence-electron chi connectivity index (χ1n) is 5.40.